The predicted molar refractivity (Wildman–Crippen MR) is 103 cm³/mol. The largest absolute Gasteiger partial charge is 0.336 e. The minimum absolute atomic E-state index is 0.121. The van der Waals surface area contributed by atoms with Crippen LogP contribution in [0.4, 0.5) is 10.5 Å². The summed E-state index contributed by atoms with van der Waals surface area (Å²) in [5.74, 6) is 0. The molecule has 0 saturated heterocycles. The van der Waals surface area contributed by atoms with Crippen LogP contribution < -0.4 is 15.9 Å². The summed E-state index contributed by atoms with van der Waals surface area (Å²) in [6.07, 6.45) is 0. The third-order valence-electron chi connectivity index (χ3n) is 3.10. The van der Waals surface area contributed by atoms with Gasteiger partial charge in [0.15, 0.2) is 0 Å². The van der Waals surface area contributed by atoms with E-state index in [1.54, 1.807) is 11.8 Å². The molecular weight excluding hydrogens is 323 g/mol. The van der Waals surface area contributed by atoms with Gasteiger partial charge in [0.25, 0.3) is 0 Å². The molecule has 0 aliphatic heterocycles. The monoisotopic (exact) mass is 346 g/mol. The van der Waals surface area contributed by atoms with Crippen molar-refractivity contribution in [2.75, 3.05) is 18.6 Å². The number of urea groups is 1. The van der Waals surface area contributed by atoms with Crippen LogP contribution in [-0.4, -0.2) is 25.4 Å². The lowest BCUT2D eigenvalue weighted by molar-refractivity contribution is 0.250. The number of hydrogen-bond acceptors (Lipinski definition) is 2. The van der Waals surface area contributed by atoms with Crippen molar-refractivity contribution >= 4 is 36.7 Å². The van der Waals surface area contributed by atoms with Crippen molar-refractivity contribution in [3.8, 4) is 0 Å². The lowest BCUT2D eigenvalue weighted by atomic mass is 10.3. The summed E-state index contributed by atoms with van der Waals surface area (Å²) < 4.78 is 0. The van der Waals surface area contributed by atoms with Crippen molar-refractivity contribution in [2.45, 2.75) is 29.7 Å². The fraction of sp³-hybridized carbons (Fsp3) is 0.278. The highest BCUT2D eigenvalue weighted by molar-refractivity contribution is 7.99. The maximum atomic E-state index is 12.0. The van der Waals surface area contributed by atoms with Gasteiger partial charge < -0.3 is 10.6 Å². The van der Waals surface area contributed by atoms with Gasteiger partial charge in [-0.15, -0.1) is 0 Å². The number of hydrogen-bond donors (Lipinski definition) is 2. The Bertz CT molecular complexity index is 659. The highest BCUT2D eigenvalue weighted by Gasteiger charge is 2.11. The second-order valence-electron chi connectivity index (χ2n) is 5.74. The molecule has 2 amide bonds. The number of carbonyl (C=O) groups is 1. The van der Waals surface area contributed by atoms with E-state index in [0.717, 1.165) is 5.69 Å². The minimum Gasteiger partial charge on any atom is -0.336 e. The van der Waals surface area contributed by atoms with E-state index in [1.165, 1.54) is 15.1 Å². The van der Waals surface area contributed by atoms with Gasteiger partial charge in [-0.05, 0) is 57.5 Å². The Balaban J connectivity index is 2.19. The number of benzene rings is 2. The van der Waals surface area contributed by atoms with E-state index in [9.17, 15) is 4.79 Å². The second-order valence-corrected chi connectivity index (χ2v) is 9.16. The maximum Gasteiger partial charge on any atom is 0.319 e. The maximum absolute atomic E-state index is 12.0. The molecular formula is C18H23N2OPS. The Morgan fingerprint density at radius 3 is 2.35 bits per heavy atom. The van der Waals surface area contributed by atoms with Gasteiger partial charge in [-0.2, -0.15) is 0 Å². The summed E-state index contributed by atoms with van der Waals surface area (Å²) in [7, 11) is -0.314. The Morgan fingerprint density at radius 1 is 1.04 bits per heavy atom. The van der Waals surface area contributed by atoms with Crippen molar-refractivity contribution in [3.63, 3.8) is 0 Å². The van der Waals surface area contributed by atoms with Gasteiger partial charge in [0, 0.05) is 21.1 Å². The van der Waals surface area contributed by atoms with Gasteiger partial charge in [0.1, 0.15) is 0 Å². The number of nitrogens with one attached hydrogen (secondary N) is 2. The zero-order valence-corrected chi connectivity index (χ0v) is 15.7. The van der Waals surface area contributed by atoms with Gasteiger partial charge >= 0.3 is 6.03 Å². The van der Waals surface area contributed by atoms with E-state index in [1.807, 2.05) is 38.1 Å². The molecule has 0 aromatic heterocycles. The van der Waals surface area contributed by atoms with Gasteiger partial charge in [0.2, 0.25) is 0 Å². The molecule has 23 heavy (non-hydrogen) atoms. The number of amides is 2. The third kappa shape index (κ3) is 5.56. The van der Waals surface area contributed by atoms with Gasteiger partial charge in [-0.1, -0.05) is 37.9 Å². The van der Waals surface area contributed by atoms with Crippen LogP contribution in [0.3, 0.4) is 0 Å². The van der Waals surface area contributed by atoms with Crippen molar-refractivity contribution < 1.29 is 4.79 Å². The fourth-order valence-electron chi connectivity index (χ4n) is 2.10. The van der Waals surface area contributed by atoms with Crippen LogP contribution in [0.5, 0.6) is 0 Å². The van der Waals surface area contributed by atoms with Crippen LogP contribution in [0, 0.1) is 0 Å². The molecule has 0 aliphatic carbocycles. The first-order valence-corrected chi connectivity index (χ1v) is 10.6. The Kier molecular flexibility index (Phi) is 6.49. The van der Waals surface area contributed by atoms with E-state index in [0.29, 0.717) is 0 Å². The molecule has 3 nitrogen and oxygen atoms in total. The number of anilines is 1. The van der Waals surface area contributed by atoms with Crippen LogP contribution in [0.15, 0.2) is 58.3 Å². The summed E-state index contributed by atoms with van der Waals surface area (Å²) in [6, 6.07) is 16.5. The lowest BCUT2D eigenvalue weighted by Gasteiger charge is -2.17. The minimum atomic E-state index is -0.314. The van der Waals surface area contributed by atoms with E-state index < -0.39 is 0 Å². The molecule has 0 radical (unpaired) electrons. The van der Waals surface area contributed by atoms with Crippen LogP contribution >= 0.6 is 19.7 Å². The molecule has 0 fully saturated rings. The summed E-state index contributed by atoms with van der Waals surface area (Å²) in [5.41, 5.74) is 0.900. The van der Waals surface area contributed by atoms with Crippen molar-refractivity contribution in [2.24, 2.45) is 0 Å². The number of carbonyl (C=O) groups excluding carboxylic acids is 1. The fourth-order valence-corrected chi connectivity index (χ4v) is 4.07. The van der Waals surface area contributed by atoms with Gasteiger partial charge in [0.05, 0.1) is 5.69 Å². The van der Waals surface area contributed by atoms with Gasteiger partial charge in [-0.25, -0.2) is 4.79 Å². The molecule has 0 atom stereocenters. The molecule has 2 N–H and O–H groups in total. The lowest BCUT2D eigenvalue weighted by Crippen LogP contribution is -2.35. The molecule has 122 valence electrons. The summed E-state index contributed by atoms with van der Waals surface area (Å²) >= 11 is 1.74. The molecule has 0 saturated carbocycles. The molecule has 0 unspecified atom stereocenters. The predicted octanol–water partition coefficient (Wildman–Crippen LogP) is 4.73. The van der Waals surface area contributed by atoms with Gasteiger partial charge in [-0.3, -0.25) is 0 Å². The standard InChI is InChI=1S/C18H23N2OPS/c1-13(2)19-18(21)20-16-11-10-15(12-17(16)22(3)4)23-14-8-6-5-7-9-14/h5-13H,1-4H3,(H2,19,20,21). The van der Waals surface area contributed by atoms with Crippen LogP contribution in [0.1, 0.15) is 13.8 Å². The van der Waals surface area contributed by atoms with E-state index in [4.69, 9.17) is 0 Å². The first-order chi connectivity index (χ1) is 11.0. The Morgan fingerprint density at radius 2 is 1.74 bits per heavy atom. The first kappa shape index (κ1) is 17.8. The normalized spacial score (nSPS) is 10.9. The molecule has 0 heterocycles. The van der Waals surface area contributed by atoms with E-state index in [2.05, 4.69) is 48.2 Å². The zero-order valence-electron chi connectivity index (χ0n) is 14.0. The van der Waals surface area contributed by atoms with E-state index >= 15 is 0 Å². The smallest absolute Gasteiger partial charge is 0.319 e. The number of rotatable bonds is 5. The van der Waals surface area contributed by atoms with Crippen molar-refractivity contribution in [1.82, 2.24) is 5.32 Å². The van der Waals surface area contributed by atoms with Crippen molar-refractivity contribution in [1.29, 1.82) is 0 Å². The molecule has 2 rings (SSSR count). The summed E-state index contributed by atoms with van der Waals surface area (Å²) in [4.78, 5) is 14.4. The Hall–Kier alpha value is -1.51. The third-order valence-corrected chi connectivity index (χ3v) is 5.43. The van der Waals surface area contributed by atoms with Crippen LogP contribution in [0.2, 0.25) is 0 Å². The molecule has 2 aromatic carbocycles. The Labute approximate surface area is 144 Å². The molecule has 0 spiro atoms. The summed E-state index contributed by atoms with van der Waals surface area (Å²) in [5, 5.41) is 7.04. The average Bonchev–Trinajstić information content (AvgIpc) is 2.48. The molecule has 2 aromatic rings. The quantitative estimate of drug-likeness (QED) is 0.768. The first-order valence-electron chi connectivity index (χ1n) is 7.57. The van der Waals surface area contributed by atoms with E-state index in [-0.39, 0.29) is 20.0 Å². The van der Waals surface area contributed by atoms with Crippen LogP contribution in [0.25, 0.3) is 0 Å². The highest BCUT2D eigenvalue weighted by atomic mass is 32.2. The molecule has 0 aliphatic rings. The second kappa shape index (κ2) is 8.37. The highest BCUT2D eigenvalue weighted by Crippen LogP contribution is 2.33. The molecule has 0 bridgehead atoms. The SMILES string of the molecule is CC(C)NC(=O)Nc1ccc(Sc2ccccc2)cc1P(C)C. The van der Waals surface area contributed by atoms with Crippen LogP contribution in [-0.2, 0) is 0 Å². The topological polar surface area (TPSA) is 41.1 Å². The van der Waals surface area contributed by atoms with Crippen molar-refractivity contribution in [3.05, 3.63) is 48.5 Å². The molecule has 5 heteroatoms. The zero-order chi connectivity index (χ0) is 16.8. The average molecular weight is 346 g/mol. The summed E-state index contributed by atoms with van der Waals surface area (Å²) in [6.45, 7) is 8.31.